The first-order valence-corrected chi connectivity index (χ1v) is 7.35. The fourth-order valence-electron chi connectivity index (χ4n) is 2.31. The average Bonchev–Trinajstić information content (AvgIpc) is 2.98. The summed E-state index contributed by atoms with van der Waals surface area (Å²) in [7, 11) is 0. The molecule has 0 bridgehead atoms. The van der Waals surface area contributed by atoms with Crippen molar-refractivity contribution in [3.05, 3.63) is 67.5 Å². The van der Waals surface area contributed by atoms with Gasteiger partial charge in [-0.05, 0) is 30.5 Å². The van der Waals surface area contributed by atoms with Gasteiger partial charge in [0.2, 0.25) is 0 Å². The van der Waals surface area contributed by atoms with Gasteiger partial charge in [0.15, 0.2) is 0 Å². The van der Waals surface area contributed by atoms with Crippen LogP contribution in [0.25, 0.3) is 10.9 Å². The van der Waals surface area contributed by atoms with Gasteiger partial charge in [0.25, 0.3) is 5.56 Å². The van der Waals surface area contributed by atoms with Crippen molar-refractivity contribution in [1.82, 2.24) is 9.55 Å². The van der Waals surface area contributed by atoms with E-state index >= 15 is 0 Å². The minimum atomic E-state index is -1.27. The number of aliphatic hydroxyl groups is 1. The van der Waals surface area contributed by atoms with Gasteiger partial charge in [-0.2, -0.15) is 0 Å². The lowest BCUT2D eigenvalue weighted by Gasteiger charge is -2.22. The highest BCUT2D eigenvalue weighted by Crippen LogP contribution is 2.26. The quantitative estimate of drug-likeness (QED) is 0.772. The topological polar surface area (TPSA) is 75.1 Å². The minimum absolute atomic E-state index is 0.0908. The summed E-state index contributed by atoms with van der Waals surface area (Å²) in [5.74, 6) is 0. The Morgan fingerprint density at radius 1 is 1.24 bits per heavy atom. The van der Waals surface area contributed by atoms with E-state index in [-0.39, 0.29) is 6.54 Å². The van der Waals surface area contributed by atoms with Crippen LogP contribution < -0.4 is 11.2 Å². The number of hydrogen-bond donors (Lipinski definition) is 2. The molecule has 0 spiro atoms. The van der Waals surface area contributed by atoms with Crippen molar-refractivity contribution in [2.45, 2.75) is 19.1 Å². The highest BCUT2D eigenvalue weighted by molar-refractivity contribution is 7.10. The number of para-hydroxylation sites is 1. The highest BCUT2D eigenvalue weighted by atomic mass is 32.1. The smallest absolute Gasteiger partial charge is 0.328 e. The normalized spacial score (nSPS) is 14.2. The molecule has 21 heavy (non-hydrogen) atoms. The molecule has 5 nitrogen and oxygen atoms in total. The number of rotatable bonds is 3. The molecule has 0 aliphatic carbocycles. The number of thiophene rings is 1. The van der Waals surface area contributed by atoms with Crippen LogP contribution in [-0.4, -0.2) is 14.7 Å². The van der Waals surface area contributed by atoms with Gasteiger partial charge in [-0.25, -0.2) is 4.79 Å². The number of nitrogens with zero attached hydrogens (tertiary/aromatic N) is 1. The maximum atomic E-state index is 12.4. The van der Waals surface area contributed by atoms with Crippen molar-refractivity contribution in [2.75, 3.05) is 0 Å². The maximum absolute atomic E-state index is 12.4. The summed E-state index contributed by atoms with van der Waals surface area (Å²) in [6, 6.07) is 10.4. The van der Waals surface area contributed by atoms with Crippen molar-refractivity contribution >= 4 is 22.2 Å². The number of aromatic amines is 1. The van der Waals surface area contributed by atoms with E-state index < -0.39 is 16.9 Å². The first kappa shape index (κ1) is 13.8. The summed E-state index contributed by atoms with van der Waals surface area (Å²) >= 11 is 1.39. The van der Waals surface area contributed by atoms with Crippen molar-refractivity contribution in [1.29, 1.82) is 0 Å². The van der Waals surface area contributed by atoms with Gasteiger partial charge in [-0.15, -0.1) is 11.3 Å². The Morgan fingerprint density at radius 3 is 2.71 bits per heavy atom. The van der Waals surface area contributed by atoms with Gasteiger partial charge in [0.05, 0.1) is 17.4 Å². The van der Waals surface area contributed by atoms with Gasteiger partial charge in [-0.3, -0.25) is 9.36 Å². The molecule has 1 aromatic carbocycles. The zero-order chi connectivity index (χ0) is 15.0. The molecule has 0 unspecified atom stereocenters. The third kappa shape index (κ3) is 2.43. The van der Waals surface area contributed by atoms with E-state index in [1.54, 1.807) is 37.3 Å². The van der Waals surface area contributed by atoms with Crippen LogP contribution in [0.15, 0.2) is 51.4 Å². The monoisotopic (exact) mass is 302 g/mol. The number of hydrogen-bond acceptors (Lipinski definition) is 4. The van der Waals surface area contributed by atoms with E-state index in [2.05, 4.69) is 4.98 Å². The van der Waals surface area contributed by atoms with E-state index in [1.165, 1.54) is 11.3 Å². The van der Waals surface area contributed by atoms with E-state index in [4.69, 9.17) is 0 Å². The molecule has 0 amide bonds. The first-order valence-electron chi connectivity index (χ1n) is 6.47. The largest absolute Gasteiger partial charge is 0.383 e. The Bertz CT molecular complexity index is 891. The molecular weight excluding hydrogens is 288 g/mol. The van der Waals surface area contributed by atoms with Crippen molar-refractivity contribution in [3.8, 4) is 0 Å². The van der Waals surface area contributed by atoms with E-state index in [0.717, 1.165) is 4.57 Å². The molecule has 0 saturated heterocycles. The Kier molecular flexibility index (Phi) is 3.27. The molecule has 0 fully saturated rings. The summed E-state index contributed by atoms with van der Waals surface area (Å²) < 4.78 is 1.04. The summed E-state index contributed by atoms with van der Waals surface area (Å²) in [4.78, 5) is 27.9. The molecule has 6 heteroatoms. The number of aromatic nitrogens is 2. The molecule has 1 atom stereocenters. The van der Waals surface area contributed by atoms with Crippen LogP contribution in [0.3, 0.4) is 0 Å². The van der Waals surface area contributed by atoms with Crippen LogP contribution in [0.2, 0.25) is 0 Å². The average molecular weight is 302 g/mol. The second-order valence-corrected chi connectivity index (χ2v) is 6.07. The van der Waals surface area contributed by atoms with E-state index in [0.29, 0.717) is 15.8 Å². The fourth-order valence-corrected chi connectivity index (χ4v) is 3.09. The van der Waals surface area contributed by atoms with Crippen LogP contribution in [0, 0.1) is 0 Å². The van der Waals surface area contributed by atoms with Gasteiger partial charge in [-0.1, -0.05) is 18.2 Å². The Morgan fingerprint density at radius 2 is 2.00 bits per heavy atom. The molecule has 2 heterocycles. The molecule has 3 rings (SSSR count). The number of benzene rings is 1. The van der Waals surface area contributed by atoms with Crippen LogP contribution in [0.4, 0.5) is 0 Å². The van der Waals surface area contributed by atoms with Gasteiger partial charge in [0, 0.05) is 4.88 Å². The Balaban J connectivity index is 2.14. The highest BCUT2D eigenvalue weighted by Gasteiger charge is 2.26. The van der Waals surface area contributed by atoms with Gasteiger partial charge >= 0.3 is 5.69 Å². The maximum Gasteiger partial charge on any atom is 0.328 e. The summed E-state index contributed by atoms with van der Waals surface area (Å²) in [6.07, 6.45) is 0. The van der Waals surface area contributed by atoms with Crippen molar-refractivity contribution in [2.24, 2.45) is 0 Å². The summed E-state index contributed by atoms with van der Waals surface area (Å²) in [6.45, 7) is 1.51. The second-order valence-electron chi connectivity index (χ2n) is 5.12. The van der Waals surface area contributed by atoms with Crippen LogP contribution in [0.5, 0.6) is 0 Å². The van der Waals surface area contributed by atoms with Gasteiger partial charge < -0.3 is 10.1 Å². The molecule has 108 valence electrons. The molecular formula is C15H14N2O3S. The fraction of sp³-hybridized carbons (Fsp3) is 0.200. The number of fused-ring (bicyclic) bond motifs is 1. The number of nitrogens with one attached hydrogen (secondary N) is 1. The lowest BCUT2D eigenvalue weighted by molar-refractivity contribution is 0.0398. The standard InChI is InChI=1S/C15H14N2O3S/c1-15(20,12-7-4-8-21-12)9-17-13(18)10-5-2-3-6-11(10)16-14(17)19/h2-8,20H,9H2,1H3,(H,16,19)/t15-/m1/s1. The van der Waals surface area contributed by atoms with Gasteiger partial charge in [0.1, 0.15) is 5.60 Å². The zero-order valence-electron chi connectivity index (χ0n) is 11.4. The zero-order valence-corrected chi connectivity index (χ0v) is 12.2. The Hall–Kier alpha value is -2.18. The third-order valence-electron chi connectivity index (χ3n) is 3.41. The van der Waals surface area contributed by atoms with Crippen molar-refractivity contribution < 1.29 is 5.11 Å². The SMILES string of the molecule is C[C@@](O)(Cn1c(=O)[nH]c2ccccc2c1=O)c1cccs1. The lowest BCUT2D eigenvalue weighted by Crippen LogP contribution is -2.41. The molecule has 2 N–H and O–H groups in total. The number of H-pyrrole nitrogens is 1. The molecule has 0 aliphatic heterocycles. The van der Waals surface area contributed by atoms with E-state index in [1.807, 2.05) is 11.4 Å². The van der Waals surface area contributed by atoms with Crippen molar-refractivity contribution in [3.63, 3.8) is 0 Å². The minimum Gasteiger partial charge on any atom is -0.383 e. The van der Waals surface area contributed by atoms with E-state index in [9.17, 15) is 14.7 Å². The van der Waals surface area contributed by atoms with Crippen LogP contribution in [0.1, 0.15) is 11.8 Å². The molecule has 0 saturated carbocycles. The molecule has 0 aliphatic rings. The lowest BCUT2D eigenvalue weighted by atomic mass is 10.1. The molecule has 3 aromatic rings. The predicted octanol–water partition coefficient (Wildman–Crippen LogP) is 1.66. The van der Waals surface area contributed by atoms with Crippen LogP contribution in [-0.2, 0) is 12.1 Å². The molecule has 2 aromatic heterocycles. The first-order chi connectivity index (χ1) is 9.99. The molecule has 0 radical (unpaired) electrons. The summed E-state index contributed by atoms with van der Waals surface area (Å²) in [5, 5.41) is 12.8. The Labute approximate surface area is 124 Å². The predicted molar refractivity (Wildman–Crippen MR) is 82.7 cm³/mol. The third-order valence-corrected chi connectivity index (χ3v) is 4.53. The van der Waals surface area contributed by atoms with Crippen LogP contribution >= 0.6 is 11.3 Å². The second kappa shape index (κ2) is 4.98. The summed E-state index contributed by atoms with van der Waals surface area (Å²) in [5.41, 5.74) is -1.69.